The van der Waals surface area contributed by atoms with Gasteiger partial charge in [0.2, 0.25) is 0 Å². The zero-order valence-corrected chi connectivity index (χ0v) is 11.6. The Balaban J connectivity index is 2.04. The summed E-state index contributed by atoms with van der Waals surface area (Å²) >= 11 is 0. The topological polar surface area (TPSA) is 32.3 Å². The Hall–Kier alpha value is -1.80. The third kappa shape index (κ3) is 3.58. The first-order valence-corrected chi connectivity index (χ1v) is 6.78. The monoisotopic (exact) mass is 255 g/mol. The molecule has 0 aromatic heterocycles. The highest BCUT2D eigenvalue weighted by Gasteiger charge is 2.05. The SMILES string of the molecule is CCc1ccc(C(C)Nc2ccc(CO)cc2)cc1. The largest absolute Gasteiger partial charge is 0.392 e. The lowest BCUT2D eigenvalue weighted by atomic mass is 10.0. The molecule has 0 saturated carbocycles. The fraction of sp³-hybridized carbons (Fsp3) is 0.294. The van der Waals surface area contributed by atoms with Crippen LogP contribution in [0.2, 0.25) is 0 Å². The minimum absolute atomic E-state index is 0.0916. The molecule has 19 heavy (non-hydrogen) atoms. The van der Waals surface area contributed by atoms with Crippen molar-refractivity contribution < 1.29 is 5.11 Å². The molecule has 2 nitrogen and oxygen atoms in total. The van der Waals surface area contributed by atoms with Crippen LogP contribution in [0.25, 0.3) is 0 Å². The molecule has 1 unspecified atom stereocenters. The van der Waals surface area contributed by atoms with Crippen molar-refractivity contribution in [2.24, 2.45) is 0 Å². The normalized spacial score (nSPS) is 12.2. The number of aryl methyl sites for hydroxylation is 1. The van der Waals surface area contributed by atoms with E-state index in [9.17, 15) is 0 Å². The van der Waals surface area contributed by atoms with Gasteiger partial charge in [0.05, 0.1) is 6.61 Å². The van der Waals surface area contributed by atoms with Crippen molar-refractivity contribution in [3.8, 4) is 0 Å². The lowest BCUT2D eigenvalue weighted by molar-refractivity contribution is 0.282. The van der Waals surface area contributed by atoms with E-state index in [-0.39, 0.29) is 12.6 Å². The third-order valence-corrected chi connectivity index (χ3v) is 3.41. The zero-order valence-electron chi connectivity index (χ0n) is 11.6. The molecule has 2 N–H and O–H groups in total. The smallest absolute Gasteiger partial charge is 0.0681 e. The number of aliphatic hydroxyl groups excluding tert-OH is 1. The molecule has 0 fully saturated rings. The molecule has 2 aromatic carbocycles. The molecule has 0 aliphatic heterocycles. The maximum absolute atomic E-state index is 9.02. The Morgan fingerprint density at radius 3 is 2.05 bits per heavy atom. The van der Waals surface area contributed by atoms with Crippen LogP contribution in [0, 0.1) is 0 Å². The molecule has 0 spiro atoms. The molecule has 1 atom stereocenters. The van der Waals surface area contributed by atoms with Crippen LogP contribution in [0.4, 0.5) is 5.69 Å². The summed E-state index contributed by atoms with van der Waals surface area (Å²) in [6.07, 6.45) is 1.07. The summed E-state index contributed by atoms with van der Waals surface area (Å²) < 4.78 is 0. The Morgan fingerprint density at radius 1 is 0.947 bits per heavy atom. The standard InChI is InChI=1S/C17H21NO/c1-3-14-4-8-16(9-5-14)13(2)18-17-10-6-15(12-19)7-11-17/h4-11,13,18-19H,3,12H2,1-2H3. The highest BCUT2D eigenvalue weighted by molar-refractivity contribution is 5.46. The number of rotatable bonds is 5. The first kappa shape index (κ1) is 13.6. The number of benzene rings is 2. The van der Waals surface area contributed by atoms with Gasteiger partial charge in [-0.2, -0.15) is 0 Å². The lowest BCUT2D eigenvalue weighted by Crippen LogP contribution is -2.06. The predicted molar refractivity (Wildman–Crippen MR) is 80.2 cm³/mol. The van der Waals surface area contributed by atoms with Gasteiger partial charge in [-0.3, -0.25) is 0 Å². The molecule has 0 bridgehead atoms. The van der Waals surface area contributed by atoms with E-state index in [2.05, 4.69) is 43.4 Å². The molecule has 0 amide bonds. The molecule has 0 saturated heterocycles. The van der Waals surface area contributed by atoms with Gasteiger partial charge < -0.3 is 10.4 Å². The van der Waals surface area contributed by atoms with E-state index in [4.69, 9.17) is 5.11 Å². The second kappa shape index (κ2) is 6.39. The number of anilines is 1. The number of aliphatic hydroxyl groups is 1. The number of nitrogens with one attached hydrogen (secondary N) is 1. The number of hydrogen-bond donors (Lipinski definition) is 2. The van der Waals surface area contributed by atoms with Gasteiger partial charge in [-0.25, -0.2) is 0 Å². The summed E-state index contributed by atoms with van der Waals surface area (Å²) in [6, 6.07) is 16.9. The zero-order chi connectivity index (χ0) is 13.7. The van der Waals surface area contributed by atoms with Crippen LogP contribution in [0.5, 0.6) is 0 Å². The van der Waals surface area contributed by atoms with E-state index in [1.165, 1.54) is 11.1 Å². The lowest BCUT2D eigenvalue weighted by Gasteiger charge is -2.16. The van der Waals surface area contributed by atoms with Gasteiger partial charge in [-0.05, 0) is 42.2 Å². The summed E-state index contributed by atoms with van der Waals surface area (Å²) in [5.74, 6) is 0. The summed E-state index contributed by atoms with van der Waals surface area (Å²) in [5, 5.41) is 12.5. The molecule has 2 rings (SSSR count). The highest BCUT2D eigenvalue weighted by atomic mass is 16.3. The van der Waals surface area contributed by atoms with Gasteiger partial charge in [0.25, 0.3) is 0 Å². The number of hydrogen-bond acceptors (Lipinski definition) is 2. The predicted octanol–water partition coefficient (Wildman–Crippen LogP) is 3.91. The van der Waals surface area contributed by atoms with Crippen LogP contribution in [-0.2, 0) is 13.0 Å². The van der Waals surface area contributed by atoms with Gasteiger partial charge in [0.15, 0.2) is 0 Å². The van der Waals surface area contributed by atoms with E-state index in [1.54, 1.807) is 0 Å². The molecular weight excluding hydrogens is 234 g/mol. The third-order valence-electron chi connectivity index (χ3n) is 3.41. The molecular formula is C17H21NO. The second-order valence-corrected chi connectivity index (χ2v) is 4.82. The molecule has 0 heterocycles. The van der Waals surface area contributed by atoms with E-state index < -0.39 is 0 Å². The maximum Gasteiger partial charge on any atom is 0.0681 e. The van der Waals surface area contributed by atoms with Gasteiger partial charge in [-0.15, -0.1) is 0 Å². The van der Waals surface area contributed by atoms with Crippen molar-refractivity contribution >= 4 is 5.69 Å². The van der Waals surface area contributed by atoms with Crippen molar-refractivity contribution in [3.63, 3.8) is 0 Å². The van der Waals surface area contributed by atoms with Crippen molar-refractivity contribution in [2.45, 2.75) is 32.9 Å². The molecule has 100 valence electrons. The summed E-state index contributed by atoms with van der Waals surface area (Å²) in [4.78, 5) is 0. The van der Waals surface area contributed by atoms with Gasteiger partial charge >= 0.3 is 0 Å². The minimum atomic E-state index is 0.0916. The Labute approximate surface area is 115 Å². The Bertz CT molecular complexity index is 502. The second-order valence-electron chi connectivity index (χ2n) is 4.82. The Kier molecular flexibility index (Phi) is 4.58. The van der Waals surface area contributed by atoms with Crippen molar-refractivity contribution in [3.05, 3.63) is 65.2 Å². The molecule has 0 radical (unpaired) electrons. The fourth-order valence-corrected chi connectivity index (χ4v) is 2.08. The van der Waals surface area contributed by atoms with E-state index in [1.807, 2.05) is 24.3 Å². The van der Waals surface area contributed by atoms with E-state index >= 15 is 0 Å². The molecule has 2 aromatic rings. The van der Waals surface area contributed by atoms with Crippen LogP contribution in [0.1, 0.15) is 36.6 Å². The fourth-order valence-electron chi connectivity index (χ4n) is 2.08. The van der Waals surface area contributed by atoms with Crippen LogP contribution in [0.3, 0.4) is 0 Å². The van der Waals surface area contributed by atoms with Crippen molar-refractivity contribution in [1.29, 1.82) is 0 Å². The first-order chi connectivity index (χ1) is 9.22. The summed E-state index contributed by atoms with van der Waals surface area (Å²) in [7, 11) is 0. The van der Waals surface area contributed by atoms with E-state index in [0.29, 0.717) is 0 Å². The van der Waals surface area contributed by atoms with E-state index in [0.717, 1.165) is 17.7 Å². The van der Waals surface area contributed by atoms with Gasteiger partial charge in [0, 0.05) is 11.7 Å². The average Bonchev–Trinajstić information content (AvgIpc) is 2.48. The first-order valence-electron chi connectivity index (χ1n) is 6.78. The van der Waals surface area contributed by atoms with Crippen LogP contribution in [0.15, 0.2) is 48.5 Å². The molecule has 0 aliphatic rings. The van der Waals surface area contributed by atoms with Crippen LogP contribution in [-0.4, -0.2) is 5.11 Å². The summed E-state index contributed by atoms with van der Waals surface area (Å²) in [6.45, 7) is 4.41. The van der Waals surface area contributed by atoms with Crippen LogP contribution >= 0.6 is 0 Å². The molecule has 2 heteroatoms. The van der Waals surface area contributed by atoms with Crippen molar-refractivity contribution in [2.75, 3.05) is 5.32 Å². The highest BCUT2D eigenvalue weighted by Crippen LogP contribution is 2.20. The van der Waals surface area contributed by atoms with Gasteiger partial charge in [0.1, 0.15) is 0 Å². The van der Waals surface area contributed by atoms with Crippen molar-refractivity contribution in [1.82, 2.24) is 0 Å². The average molecular weight is 255 g/mol. The molecule has 0 aliphatic carbocycles. The minimum Gasteiger partial charge on any atom is -0.392 e. The Morgan fingerprint density at radius 2 is 1.53 bits per heavy atom. The quantitative estimate of drug-likeness (QED) is 0.849. The summed E-state index contributed by atoms with van der Waals surface area (Å²) in [5.41, 5.74) is 4.65. The van der Waals surface area contributed by atoms with Gasteiger partial charge in [-0.1, -0.05) is 43.3 Å². The van der Waals surface area contributed by atoms with Crippen LogP contribution < -0.4 is 5.32 Å². The maximum atomic E-state index is 9.02.